The molecule has 0 unspecified atom stereocenters. The summed E-state index contributed by atoms with van der Waals surface area (Å²) in [5, 5.41) is 5.43. The number of carbonyl (C=O) groups is 2. The SMILES string of the molecule is Cc1ccc(NC(=O)CC(=O)NC(C)C)c(C)c1. The molecule has 2 amide bonds. The van der Waals surface area contributed by atoms with Crippen molar-refractivity contribution in [3.05, 3.63) is 29.3 Å². The molecule has 0 aliphatic carbocycles. The average Bonchev–Trinajstić information content (AvgIpc) is 2.20. The van der Waals surface area contributed by atoms with Crippen molar-refractivity contribution in [2.75, 3.05) is 5.32 Å². The van der Waals surface area contributed by atoms with Gasteiger partial charge < -0.3 is 10.6 Å². The Morgan fingerprint density at radius 1 is 1.17 bits per heavy atom. The number of nitrogens with one attached hydrogen (secondary N) is 2. The first-order valence-corrected chi connectivity index (χ1v) is 6.05. The van der Waals surface area contributed by atoms with Crippen molar-refractivity contribution < 1.29 is 9.59 Å². The van der Waals surface area contributed by atoms with Crippen LogP contribution in [0, 0.1) is 13.8 Å². The van der Waals surface area contributed by atoms with Gasteiger partial charge in [-0.25, -0.2) is 0 Å². The van der Waals surface area contributed by atoms with Gasteiger partial charge in [0.1, 0.15) is 6.42 Å². The van der Waals surface area contributed by atoms with Gasteiger partial charge in [-0.15, -0.1) is 0 Å². The Hall–Kier alpha value is -1.84. The quantitative estimate of drug-likeness (QED) is 0.802. The Bertz CT molecular complexity index is 453. The molecule has 0 saturated heterocycles. The number of hydrogen-bond acceptors (Lipinski definition) is 2. The molecule has 0 heterocycles. The maximum atomic E-state index is 11.7. The van der Waals surface area contributed by atoms with Crippen molar-refractivity contribution in [3.8, 4) is 0 Å². The Balaban J connectivity index is 2.57. The van der Waals surface area contributed by atoms with Crippen molar-refractivity contribution in [3.63, 3.8) is 0 Å². The van der Waals surface area contributed by atoms with E-state index in [2.05, 4.69) is 10.6 Å². The summed E-state index contributed by atoms with van der Waals surface area (Å²) in [5.74, 6) is -0.549. The third kappa shape index (κ3) is 4.57. The zero-order valence-corrected chi connectivity index (χ0v) is 11.3. The molecular formula is C14H20N2O2. The Kier molecular flexibility index (Phi) is 4.89. The van der Waals surface area contributed by atoms with E-state index in [-0.39, 0.29) is 24.3 Å². The molecule has 0 aliphatic heterocycles. The smallest absolute Gasteiger partial charge is 0.233 e. The van der Waals surface area contributed by atoms with E-state index in [4.69, 9.17) is 0 Å². The van der Waals surface area contributed by atoms with Crippen LogP contribution in [-0.2, 0) is 9.59 Å². The van der Waals surface area contributed by atoms with Gasteiger partial charge in [0.15, 0.2) is 0 Å². The van der Waals surface area contributed by atoms with E-state index in [1.54, 1.807) is 0 Å². The number of benzene rings is 1. The Morgan fingerprint density at radius 2 is 1.83 bits per heavy atom. The second-order valence-electron chi connectivity index (χ2n) is 4.77. The van der Waals surface area contributed by atoms with Crippen LogP contribution in [0.15, 0.2) is 18.2 Å². The maximum absolute atomic E-state index is 11.7. The molecule has 4 nitrogen and oxygen atoms in total. The monoisotopic (exact) mass is 248 g/mol. The van der Waals surface area contributed by atoms with Crippen LogP contribution >= 0.6 is 0 Å². The molecular weight excluding hydrogens is 228 g/mol. The van der Waals surface area contributed by atoms with Gasteiger partial charge >= 0.3 is 0 Å². The number of anilines is 1. The highest BCUT2D eigenvalue weighted by atomic mass is 16.2. The maximum Gasteiger partial charge on any atom is 0.233 e. The highest BCUT2D eigenvalue weighted by molar-refractivity contribution is 6.03. The van der Waals surface area contributed by atoms with E-state index in [9.17, 15) is 9.59 Å². The van der Waals surface area contributed by atoms with Crippen LogP contribution in [0.2, 0.25) is 0 Å². The van der Waals surface area contributed by atoms with Crippen LogP contribution in [0.1, 0.15) is 31.4 Å². The van der Waals surface area contributed by atoms with E-state index in [1.807, 2.05) is 45.9 Å². The lowest BCUT2D eigenvalue weighted by Crippen LogP contribution is -2.33. The van der Waals surface area contributed by atoms with Crippen LogP contribution in [0.5, 0.6) is 0 Å². The summed E-state index contributed by atoms with van der Waals surface area (Å²) < 4.78 is 0. The predicted molar refractivity (Wildman–Crippen MR) is 72.4 cm³/mol. The lowest BCUT2D eigenvalue weighted by Gasteiger charge is -2.10. The average molecular weight is 248 g/mol. The van der Waals surface area contributed by atoms with Crippen molar-refractivity contribution >= 4 is 17.5 Å². The minimum absolute atomic E-state index is 0.0476. The van der Waals surface area contributed by atoms with Crippen LogP contribution in [0.25, 0.3) is 0 Å². The van der Waals surface area contributed by atoms with Crippen molar-refractivity contribution in [2.24, 2.45) is 0 Å². The van der Waals surface area contributed by atoms with E-state index in [0.717, 1.165) is 16.8 Å². The summed E-state index contributed by atoms with van der Waals surface area (Å²) in [6.45, 7) is 7.64. The number of rotatable bonds is 4. The molecule has 0 aromatic heterocycles. The molecule has 0 aliphatic rings. The number of amides is 2. The standard InChI is InChI=1S/C14H20N2O2/c1-9(2)15-13(17)8-14(18)16-12-6-5-10(3)7-11(12)4/h5-7,9H,8H2,1-4H3,(H,15,17)(H,16,18). The van der Waals surface area contributed by atoms with Crippen LogP contribution in [0.4, 0.5) is 5.69 Å². The van der Waals surface area contributed by atoms with Gasteiger partial charge in [-0.05, 0) is 39.3 Å². The molecule has 0 bridgehead atoms. The van der Waals surface area contributed by atoms with E-state index >= 15 is 0 Å². The predicted octanol–water partition coefficient (Wildman–Crippen LogP) is 2.16. The third-order valence-corrected chi connectivity index (χ3v) is 2.43. The third-order valence-electron chi connectivity index (χ3n) is 2.43. The zero-order valence-electron chi connectivity index (χ0n) is 11.3. The summed E-state index contributed by atoms with van der Waals surface area (Å²) in [6, 6.07) is 5.81. The van der Waals surface area contributed by atoms with E-state index in [0.29, 0.717) is 0 Å². The van der Waals surface area contributed by atoms with Gasteiger partial charge in [-0.3, -0.25) is 9.59 Å². The first-order valence-electron chi connectivity index (χ1n) is 6.05. The number of carbonyl (C=O) groups excluding carboxylic acids is 2. The van der Waals surface area contributed by atoms with Crippen LogP contribution in [-0.4, -0.2) is 17.9 Å². The van der Waals surface area contributed by atoms with Crippen molar-refractivity contribution in [1.82, 2.24) is 5.32 Å². The van der Waals surface area contributed by atoms with E-state index in [1.165, 1.54) is 0 Å². The first-order chi connectivity index (χ1) is 8.38. The molecule has 98 valence electrons. The molecule has 4 heteroatoms. The fraction of sp³-hybridized carbons (Fsp3) is 0.429. The summed E-state index contributed by atoms with van der Waals surface area (Å²) in [7, 11) is 0. The summed E-state index contributed by atoms with van der Waals surface area (Å²) in [6.07, 6.45) is -0.147. The van der Waals surface area contributed by atoms with Gasteiger partial charge in [0.2, 0.25) is 11.8 Å². The number of aryl methyl sites for hydroxylation is 2. The molecule has 1 aromatic carbocycles. The highest BCUT2D eigenvalue weighted by Gasteiger charge is 2.11. The largest absolute Gasteiger partial charge is 0.353 e. The van der Waals surface area contributed by atoms with Crippen LogP contribution < -0.4 is 10.6 Å². The molecule has 0 atom stereocenters. The molecule has 0 spiro atoms. The van der Waals surface area contributed by atoms with Gasteiger partial charge in [0.05, 0.1) is 0 Å². The van der Waals surface area contributed by atoms with Gasteiger partial charge in [-0.2, -0.15) is 0 Å². The zero-order chi connectivity index (χ0) is 13.7. The first kappa shape index (κ1) is 14.2. The topological polar surface area (TPSA) is 58.2 Å². The Morgan fingerprint density at radius 3 is 2.39 bits per heavy atom. The normalized spacial score (nSPS) is 10.3. The van der Waals surface area contributed by atoms with Gasteiger partial charge in [-0.1, -0.05) is 17.7 Å². The van der Waals surface area contributed by atoms with Crippen molar-refractivity contribution in [1.29, 1.82) is 0 Å². The molecule has 0 radical (unpaired) electrons. The molecule has 1 aromatic rings. The molecule has 0 saturated carbocycles. The minimum Gasteiger partial charge on any atom is -0.353 e. The lowest BCUT2D eigenvalue weighted by molar-refractivity contribution is -0.127. The fourth-order valence-corrected chi connectivity index (χ4v) is 1.67. The van der Waals surface area contributed by atoms with E-state index < -0.39 is 0 Å². The fourth-order valence-electron chi connectivity index (χ4n) is 1.67. The second-order valence-corrected chi connectivity index (χ2v) is 4.77. The van der Waals surface area contributed by atoms with Gasteiger partial charge in [0, 0.05) is 11.7 Å². The summed E-state index contributed by atoms with van der Waals surface area (Å²) >= 11 is 0. The molecule has 2 N–H and O–H groups in total. The number of hydrogen-bond donors (Lipinski definition) is 2. The lowest BCUT2D eigenvalue weighted by atomic mass is 10.1. The Labute approximate surface area is 108 Å². The van der Waals surface area contributed by atoms with Gasteiger partial charge in [0.25, 0.3) is 0 Å². The molecule has 18 heavy (non-hydrogen) atoms. The molecule has 1 rings (SSSR count). The van der Waals surface area contributed by atoms with Crippen molar-refractivity contribution in [2.45, 2.75) is 40.2 Å². The summed E-state index contributed by atoms with van der Waals surface area (Å²) in [5.41, 5.74) is 2.89. The molecule has 0 fully saturated rings. The minimum atomic E-state index is -0.292. The highest BCUT2D eigenvalue weighted by Crippen LogP contribution is 2.16. The second kappa shape index (κ2) is 6.19. The van der Waals surface area contributed by atoms with Crippen LogP contribution in [0.3, 0.4) is 0 Å². The summed E-state index contributed by atoms with van der Waals surface area (Å²) in [4.78, 5) is 23.1.